The van der Waals surface area contributed by atoms with Crippen LogP contribution in [0.15, 0.2) is 0 Å². The minimum absolute atomic E-state index is 0.380. The third-order valence-corrected chi connectivity index (χ3v) is 0.496. The zero-order chi connectivity index (χ0) is 8.73. The summed E-state index contributed by atoms with van der Waals surface area (Å²) in [7, 11) is -2.87. The summed E-state index contributed by atoms with van der Waals surface area (Å²) in [6.07, 6.45) is 0. The van der Waals surface area contributed by atoms with Crippen molar-refractivity contribution >= 4 is 19.8 Å². The molecule has 0 heterocycles. The van der Waals surface area contributed by atoms with Crippen LogP contribution in [-0.4, -0.2) is 21.4 Å². The van der Waals surface area contributed by atoms with Crippen LogP contribution in [-0.2, 0) is 14.2 Å². The lowest BCUT2D eigenvalue weighted by atomic mass is 10.3. The molecule has 0 aromatic heterocycles. The summed E-state index contributed by atoms with van der Waals surface area (Å²) in [5.41, 5.74) is 0. The van der Waals surface area contributed by atoms with Crippen LogP contribution in [0.3, 0.4) is 0 Å². The molecule has 0 amide bonds. The Labute approximate surface area is 58.6 Å². The number of hydrogen-bond donors (Lipinski definition) is 2. The smallest absolute Gasteiger partial charge is 0.291 e. The van der Waals surface area contributed by atoms with Crippen molar-refractivity contribution in [3.05, 3.63) is 0 Å². The number of carbonyl (C=O) groups is 2. The van der Waals surface area contributed by atoms with Gasteiger partial charge in [0.25, 0.3) is 0 Å². The Morgan fingerprint density at radius 1 is 1.10 bits per heavy atom. The minimum Gasteiger partial charge on any atom is -0.291 e. The summed E-state index contributed by atoms with van der Waals surface area (Å²) < 4.78 is 8.70. The van der Waals surface area contributed by atoms with Crippen molar-refractivity contribution in [1.29, 1.82) is 0 Å². The molecule has 2 N–H and O–H groups in total. The van der Waals surface area contributed by atoms with Crippen molar-refractivity contribution in [3.8, 4) is 0 Å². The predicted molar refractivity (Wildman–Crippen MR) is 33.4 cm³/mol. The van der Waals surface area contributed by atoms with Crippen molar-refractivity contribution < 1.29 is 23.9 Å². The molecule has 10 heavy (non-hydrogen) atoms. The summed E-state index contributed by atoms with van der Waals surface area (Å²) >= 11 is 0. The van der Waals surface area contributed by atoms with Gasteiger partial charge in [-0.15, -0.1) is 9.79 Å². The van der Waals surface area contributed by atoms with Crippen LogP contribution >= 0.6 is 8.25 Å². The maximum atomic E-state index is 9.79. The number of hydrogen-bond acceptors (Lipinski definition) is 3. The van der Waals surface area contributed by atoms with Crippen molar-refractivity contribution in [2.24, 2.45) is 0 Å². The molecule has 5 nitrogen and oxygen atoms in total. The van der Waals surface area contributed by atoms with Crippen LogP contribution in [0.4, 0.5) is 0 Å². The molecule has 0 aromatic rings. The van der Waals surface area contributed by atoms with Crippen LogP contribution in [0, 0.1) is 0 Å². The molecule has 0 atom stereocenters. The maximum absolute atomic E-state index is 9.79. The summed E-state index contributed by atoms with van der Waals surface area (Å²) in [4.78, 5) is 33.8. The fraction of sp³-hybridized carbons (Fsp3) is 0.500. The van der Waals surface area contributed by atoms with Gasteiger partial charge in [0, 0.05) is 18.4 Å². The lowest BCUT2D eigenvalue weighted by molar-refractivity contribution is -0.134. The molecular formula is C4H8O5P+. The topological polar surface area (TPSA) is 91.7 Å². The van der Waals surface area contributed by atoms with Gasteiger partial charge in [0.05, 0.1) is 0 Å². The quantitative estimate of drug-likeness (QED) is 0.416. The van der Waals surface area contributed by atoms with E-state index in [2.05, 4.69) is 0 Å². The Hall–Kier alpha value is -0.640. The molecule has 0 aliphatic heterocycles. The van der Waals surface area contributed by atoms with Gasteiger partial charge in [-0.1, -0.05) is 0 Å². The molecule has 0 aliphatic carbocycles. The van der Waals surface area contributed by atoms with Crippen LogP contribution in [0.2, 0.25) is 0 Å². The first-order valence-corrected chi connectivity index (χ1v) is 3.41. The summed E-state index contributed by atoms with van der Waals surface area (Å²) in [6.45, 7) is 2.50. The molecule has 0 aliphatic rings. The van der Waals surface area contributed by atoms with Gasteiger partial charge in [-0.3, -0.25) is 9.59 Å². The fourth-order valence-corrected chi connectivity index (χ4v) is 0. The van der Waals surface area contributed by atoms with Gasteiger partial charge in [-0.2, -0.15) is 0 Å². The first-order chi connectivity index (χ1) is 4.37. The van der Waals surface area contributed by atoms with Gasteiger partial charge in [0.15, 0.2) is 11.6 Å². The van der Waals surface area contributed by atoms with Crippen molar-refractivity contribution in [3.63, 3.8) is 0 Å². The highest BCUT2D eigenvalue weighted by molar-refractivity contribution is 7.30. The van der Waals surface area contributed by atoms with Gasteiger partial charge in [-0.25, -0.2) is 0 Å². The zero-order valence-corrected chi connectivity index (χ0v) is 6.46. The highest BCUT2D eigenvalue weighted by atomic mass is 31.1. The van der Waals surface area contributed by atoms with Crippen molar-refractivity contribution in [2.75, 3.05) is 0 Å². The number of carbonyl (C=O) groups excluding carboxylic acids is 2. The molecule has 0 spiro atoms. The van der Waals surface area contributed by atoms with E-state index in [1.165, 1.54) is 13.8 Å². The average molecular weight is 167 g/mol. The largest absolute Gasteiger partial charge is 0.692 e. The summed E-state index contributed by atoms with van der Waals surface area (Å²) in [6, 6.07) is 0. The van der Waals surface area contributed by atoms with E-state index in [9.17, 15) is 9.59 Å². The van der Waals surface area contributed by atoms with Crippen LogP contribution in [0.1, 0.15) is 13.8 Å². The second-order valence-corrected chi connectivity index (χ2v) is 1.87. The second-order valence-electron chi connectivity index (χ2n) is 1.37. The highest BCUT2D eigenvalue weighted by Crippen LogP contribution is 1.98. The second kappa shape index (κ2) is 6.48. The van der Waals surface area contributed by atoms with Gasteiger partial charge >= 0.3 is 8.25 Å². The molecule has 0 rings (SSSR count). The van der Waals surface area contributed by atoms with E-state index < -0.39 is 8.25 Å². The molecule has 6 heteroatoms. The number of Topliss-reactive ketones (excluding diaryl/α,β-unsaturated/α-hetero) is 2. The summed E-state index contributed by atoms with van der Waals surface area (Å²) in [5.74, 6) is -0.759. The van der Waals surface area contributed by atoms with E-state index in [0.717, 1.165) is 0 Å². The first-order valence-electron chi connectivity index (χ1n) is 2.24. The van der Waals surface area contributed by atoms with E-state index in [0.29, 0.717) is 0 Å². The minimum atomic E-state index is -2.87. The first kappa shape index (κ1) is 12.1. The van der Waals surface area contributed by atoms with Crippen LogP contribution in [0.5, 0.6) is 0 Å². The third-order valence-electron chi connectivity index (χ3n) is 0.496. The zero-order valence-electron chi connectivity index (χ0n) is 5.57. The molecule has 0 aromatic carbocycles. The van der Waals surface area contributed by atoms with E-state index in [-0.39, 0.29) is 11.6 Å². The monoisotopic (exact) mass is 167 g/mol. The van der Waals surface area contributed by atoms with E-state index in [1.54, 1.807) is 0 Å². The predicted octanol–water partition coefficient (Wildman–Crippen LogP) is -0.207. The van der Waals surface area contributed by atoms with Gasteiger partial charge in [0.1, 0.15) is 0 Å². The number of rotatable bonds is 1. The van der Waals surface area contributed by atoms with E-state index in [1.807, 2.05) is 0 Å². The Morgan fingerprint density at radius 2 is 1.20 bits per heavy atom. The van der Waals surface area contributed by atoms with Gasteiger partial charge in [-0.05, 0) is 0 Å². The third kappa shape index (κ3) is 26.4. The molecule has 58 valence electrons. The maximum Gasteiger partial charge on any atom is 0.692 e. The van der Waals surface area contributed by atoms with Crippen molar-refractivity contribution in [2.45, 2.75) is 13.8 Å². The van der Waals surface area contributed by atoms with E-state index in [4.69, 9.17) is 14.4 Å². The standard InChI is InChI=1S/C4H6O2.HO3P/c1-3(5)4(2)6;1-4(2)3/h1-2H3;(H-,1,2,3)/p+1. The molecule has 0 fully saturated rings. The normalized spacial score (nSPS) is 7.20. The average Bonchev–Trinajstić information content (AvgIpc) is 1.63. The molecule has 0 saturated carbocycles. The van der Waals surface area contributed by atoms with Gasteiger partial charge < -0.3 is 0 Å². The van der Waals surface area contributed by atoms with Crippen LogP contribution < -0.4 is 0 Å². The number of ketones is 2. The molecular weight excluding hydrogens is 159 g/mol. The Morgan fingerprint density at radius 3 is 1.20 bits per heavy atom. The lowest BCUT2D eigenvalue weighted by Gasteiger charge is -1.73. The van der Waals surface area contributed by atoms with E-state index >= 15 is 0 Å². The Kier molecular flexibility index (Phi) is 7.82. The molecule has 0 radical (unpaired) electrons. The molecule has 0 unspecified atom stereocenters. The fourth-order valence-electron chi connectivity index (χ4n) is 0. The van der Waals surface area contributed by atoms with Gasteiger partial charge in [0.2, 0.25) is 0 Å². The highest BCUT2D eigenvalue weighted by Gasteiger charge is 1.94. The van der Waals surface area contributed by atoms with Crippen LogP contribution in [0.25, 0.3) is 0 Å². The Bertz CT molecular complexity index is 136. The Balaban J connectivity index is 0. The lowest BCUT2D eigenvalue weighted by Crippen LogP contribution is -2.01. The molecule has 0 bridgehead atoms. The summed E-state index contributed by atoms with van der Waals surface area (Å²) in [5, 5.41) is 0. The van der Waals surface area contributed by atoms with Crippen molar-refractivity contribution in [1.82, 2.24) is 0 Å². The SMILES string of the molecule is CC(=O)C(C)=O.O=[P+](O)O. The molecule has 0 saturated heterocycles.